The first-order valence-corrected chi connectivity index (χ1v) is 7.70. The van der Waals surface area contributed by atoms with E-state index >= 15 is 0 Å². The highest BCUT2D eigenvalue weighted by molar-refractivity contribution is 5.52. The maximum Gasteiger partial charge on any atom is 0.123 e. The fourth-order valence-electron chi connectivity index (χ4n) is 2.96. The fourth-order valence-corrected chi connectivity index (χ4v) is 2.96. The van der Waals surface area contributed by atoms with Gasteiger partial charge in [-0.2, -0.15) is 0 Å². The molecule has 0 radical (unpaired) electrons. The van der Waals surface area contributed by atoms with Crippen molar-refractivity contribution in [3.05, 3.63) is 58.7 Å². The zero-order chi connectivity index (χ0) is 14.8. The highest BCUT2D eigenvalue weighted by Crippen LogP contribution is 2.27. The van der Waals surface area contributed by atoms with Crippen molar-refractivity contribution >= 4 is 5.69 Å². The first-order valence-electron chi connectivity index (χ1n) is 7.70. The van der Waals surface area contributed by atoms with E-state index < -0.39 is 0 Å². The lowest BCUT2D eigenvalue weighted by atomic mass is 10.0. The molecule has 110 valence electrons. The van der Waals surface area contributed by atoms with Crippen molar-refractivity contribution in [3.63, 3.8) is 0 Å². The SMILES string of the molecule is Cc1cc(C)c(C)c(OC2CCc3ccccc3NC2)c1. The van der Waals surface area contributed by atoms with Crippen molar-refractivity contribution in [2.75, 3.05) is 11.9 Å². The van der Waals surface area contributed by atoms with Crippen molar-refractivity contribution in [3.8, 4) is 5.75 Å². The molecule has 1 unspecified atom stereocenters. The molecule has 0 spiro atoms. The third kappa shape index (κ3) is 3.05. The molecule has 3 rings (SSSR count). The third-order valence-corrected chi connectivity index (χ3v) is 4.33. The molecule has 0 saturated heterocycles. The van der Waals surface area contributed by atoms with Crippen LogP contribution in [0.5, 0.6) is 5.75 Å². The van der Waals surface area contributed by atoms with E-state index in [1.54, 1.807) is 0 Å². The van der Waals surface area contributed by atoms with Crippen molar-refractivity contribution in [1.29, 1.82) is 0 Å². The molecule has 2 aromatic carbocycles. The summed E-state index contributed by atoms with van der Waals surface area (Å²) in [6.45, 7) is 7.28. The average Bonchev–Trinajstić information content (AvgIpc) is 2.67. The standard InChI is InChI=1S/C19H23NO/c1-13-10-14(2)15(3)19(11-13)21-17-9-8-16-6-4-5-7-18(16)20-12-17/h4-7,10-11,17,20H,8-9,12H2,1-3H3. The van der Waals surface area contributed by atoms with Crippen LogP contribution in [0.3, 0.4) is 0 Å². The number of para-hydroxylation sites is 1. The molecule has 1 aliphatic rings. The summed E-state index contributed by atoms with van der Waals surface area (Å²) in [7, 11) is 0. The van der Waals surface area contributed by atoms with Gasteiger partial charge in [0.2, 0.25) is 0 Å². The molecule has 1 N–H and O–H groups in total. The van der Waals surface area contributed by atoms with E-state index in [1.165, 1.54) is 27.9 Å². The molecule has 0 aromatic heterocycles. The Morgan fingerprint density at radius 2 is 1.90 bits per heavy atom. The number of nitrogens with one attached hydrogen (secondary N) is 1. The van der Waals surface area contributed by atoms with Gasteiger partial charge < -0.3 is 10.1 Å². The number of rotatable bonds is 2. The normalized spacial score (nSPS) is 17.6. The van der Waals surface area contributed by atoms with E-state index in [0.29, 0.717) is 0 Å². The number of fused-ring (bicyclic) bond motifs is 1. The van der Waals surface area contributed by atoms with Gasteiger partial charge in [-0.05, 0) is 68.0 Å². The Morgan fingerprint density at radius 1 is 1.10 bits per heavy atom. The van der Waals surface area contributed by atoms with E-state index in [4.69, 9.17) is 4.74 Å². The van der Waals surface area contributed by atoms with Gasteiger partial charge in [0, 0.05) is 5.69 Å². The summed E-state index contributed by atoms with van der Waals surface area (Å²) in [6, 6.07) is 12.9. The average molecular weight is 281 g/mol. The lowest BCUT2D eigenvalue weighted by Gasteiger charge is -2.20. The first kappa shape index (κ1) is 14.0. The second-order valence-electron chi connectivity index (χ2n) is 6.02. The predicted octanol–water partition coefficient (Wildman–Crippen LogP) is 4.42. The number of benzene rings is 2. The van der Waals surface area contributed by atoms with Gasteiger partial charge >= 0.3 is 0 Å². The number of hydrogen-bond donors (Lipinski definition) is 1. The first-order chi connectivity index (χ1) is 10.1. The summed E-state index contributed by atoms with van der Waals surface area (Å²) in [6.07, 6.45) is 2.34. The maximum absolute atomic E-state index is 6.30. The molecule has 2 aromatic rings. The third-order valence-electron chi connectivity index (χ3n) is 4.33. The van der Waals surface area contributed by atoms with Crippen molar-refractivity contribution in [1.82, 2.24) is 0 Å². The van der Waals surface area contributed by atoms with Crippen LogP contribution in [0.2, 0.25) is 0 Å². The Morgan fingerprint density at radius 3 is 2.76 bits per heavy atom. The molecule has 2 heteroatoms. The molecule has 0 amide bonds. The van der Waals surface area contributed by atoms with Crippen LogP contribution in [-0.4, -0.2) is 12.6 Å². The molecule has 0 fully saturated rings. The minimum atomic E-state index is 0.220. The van der Waals surface area contributed by atoms with E-state index in [-0.39, 0.29) is 6.10 Å². The van der Waals surface area contributed by atoms with Gasteiger partial charge in [-0.1, -0.05) is 24.3 Å². The van der Waals surface area contributed by atoms with Gasteiger partial charge in [-0.15, -0.1) is 0 Å². The highest BCUT2D eigenvalue weighted by atomic mass is 16.5. The van der Waals surface area contributed by atoms with Crippen LogP contribution >= 0.6 is 0 Å². The molecule has 1 atom stereocenters. The number of hydrogen-bond acceptors (Lipinski definition) is 2. The summed E-state index contributed by atoms with van der Waals surface area (Å²) >= 11 is 0. The Bertz CT molecular complexity index is 621. The van der Waals surface area contributed by atoms with Gasteiger partial charge in [-0.25, -0.2) is 0 Å². The second-order valence-corrected chi connectivity index (χ2v) is 6.02. The molecular formula is C19H23NO. The maximum atomic E-state index is 6.30. The van der Waals surface area contributed by atoms with Crippen LogP contribution in [0.15, 0.2) is 36.4 Å². The van der Waals surface area contributed by atoms with Crippen molar-refractivity contribution in [2.24, 2.45) is 0 Å². The highest BCUT2D eigenvalue weighted by Gasteiger charge is 2.18. The Hall–Kier alpha value is -1.96. The summed E-state index contributed by atoms with van der Waals surface area (Å²) in [5.74, 6) is 1.03. The van der Waals surface area contributed by atoms with E-state index in [9.17, 15) is 0 Å². The monoisotopic (exact) mass is 281 g/mol. The van der Waals surface area contributed by atoms with Crippen LogP contribution in [0, 0.1) is 20.8 Å². The summed E-state index contributed by atoms with van der Waals surface area (Å²) in [5, 5.41) is 3.52. The van der Waals surface area contributed by atoms with Gasteiger partial charge in [0.05, 0.1) is 6.54 Å². The summed E-state index contributed by atoms with van der Waals surface area (Å²) in [4.78, 5) is 0. The number of aryl methyl sites for hydroxylation is 3. The zero-order valence-corrected chi connectivity index (χ0v) is 13.1. The van der Waals surface area contributed by atoms with Crippen LogP contribution in [0.1, 0.15) is 28.7 Å². The van der Waals surface area contributed by atoms with Gasteiger partial charge in [0.15, 0.2) is 0 Å². The van der Waals surface area contributed by atoms with Crippen molar-refractivity contribution in [2.45, 2.75) is 39.7 Å². The molecule has 21 heavy (non-hydrogen) atoms. The summed E-state index contributed by atoms with van der Waals surface area (Å²) < 4.78 is 6.30. The Balaban J connectivity index is 1.76. The number of anilines is 1. The van der Waals surface area contributed by atoms with Crippen LogP contribution in [-0.2, 0) is 6.42 Å². The Labute approximate surface area is 127 Å². The quantitative estimate of drug-likeness (QED) is 0.880. The van der Waals surface area contributed by atoms with E-state index in [2.05, 4.69) is 62.5 Å². The molecule has 0 bridgehead atoms. The van der Waals surface area contributed by atoms with E-state index in [1.807, 2.05) is 0 Å². The smallest absolute Gasteiger partial charge is 0.123 e. The predicted molar refractivity (Wildman–Crippen MR) is 88.3 cm³/mol. The minimum Gasteiger partial charge on any atom is -0.488 e. The van der Waals surface area contributed by atoms with Crippen molar-refractivity contribution < 1.29 is 4.74 Å². The molecule has 1 aliphatic heterocycles. The van der Waals surface area contributed by atoms with Crippen LogP contribution in [0.25, 0.3) is 0 Å². The molecular weight excluding hydrogens is 258 g/mol. The largest absolute Gasteiger partial charge is 0.488 e. The lowest BCUT2D eigenvalue weighted by molar-refractivity contribution is 0.204. The second kappa shape index (κ2) is 5.80. The molecule has 1 heterocycles. The van der Waals surface area contributed by atoms with Crippen LogP contribution < -0.4 is 10.1 Å². The number of ether oxygens (including phenoxy) is 1. The zero-order valence-electron chi connectivity index (χ0n) is 13.1. The fraction of sp³-hybridized carbons (Fsp3) is 0.368. The molecule has 0 aliphatic carbocycles. The van der Waals surface area contributed by atoms with Gasteiger partial charge in [0.1, 0.15) is 11.9 Å². The van der Waals surface area contributed by atoms with Gasteiger partial charge in [-0.3, -0.25) is 0 Å². The Kier molecular flexibility index (Phi) is 3.87. The van der Waals surface area contributed by atoms with Gasteiger partial charge in [0.25, 0.3) is 0 Å². The van der Waals surface area contributed by atoms with Crippen LogP contribution in [0.4, 0.5) is 5.69 Å². The van der Waals surface area contributed by atoms with E-state index in [0.717, 1.165) is 25.1 Å². The minimum absolute atomic E-state index is 0.220. The molecule has 0 saturated carbocycles. The topological polar surface area (TPSA) is 21.3 Å². The lowest BCUT2D eigenvalue weighted by Crippen LogP contribution is -2.25. The molecule has 2 nitrogen and oxygen atoms in total. The summed E-state index contributed by atoms with van der Waals surface area (Å²) in [5.41, 5.74) is 6.46.